The number of phenolic OH excluding ortho intramolecular Hbond substituents is 3. The van der Waals surface area contributed by atoms with Gasteiger partial charge in [-0.05, 0) is 57.2 Å². The number of phosphoric acid groups is 1. The van der Waals surface area contributed by atoms with E-state index in [-0.39, 0.29) is 107 Å². The summed E-state index contributed by atoms with van der Waals surface area (Å²) in [7, 11) is -5.39. The first-order chi connectivity index (χ1) is 13.4. The van der Waals surface area contributed by atoms with Crippen molar-refractivity contribution in [1.29, 1.82) is 0 Å². The minimum atomic E-state index is -5.39. The molecule has 3 N–H and O–H groups in total. The Morgan fingerprint density at radius 3 is 0.706 bits per heavy atom. The van der Waals surface area contributed by atoms with Gasteiger partial charge in [-0.25, -0.2) is 0 Å². The molecule has 0 fully saturated rings. The Balaban J connectivity index is -0.0000000743. The van der Waals surface area contributed by atoms with Gasteiger partial charge in [0.2, 0.25) is 0 Å². The molecule has 0 aliphatic carbocycles. The van der Waals surface area contributed by atoms with Gasteiger partial charge in [0.1, 0.15) is 17.2 Å². The Kier molecular flexibility index (Phi) is 37.5. The van der Waals surface area contributed by atoms with Gasteiger partial charge in [-0.2, -0.15) is 7.82 Å². The van der Waals surface area contributed by atoms with Crippen LogP contribution in [0.1, 0.15) is 16.7 Å². The van der Waals surface area contributed by atoms with Crippen LogP contribution in [-0.2, 0) is 94.1 Å². The molecule has 7 nitrogen and oxygen atoms in total. The summed E-state index contributed by atoms with van der Waals surface area (Å²) in [5.74, 6) is 0.988. The molecule has 206 valence electrons. The number of benzene rings is 3. The molecule has 0 aromatic heterocycles. The summed E-state index contributed by atoms with van der Waals surface area (Å²) in [5, 5.41) is 26.3. The molecule has 3 aromatic rings. The number of halogens is 1. The van der Waals surface area contributed by atoms with E-state index in [4.69, 9.17) is 34.6 Å². The monoisotopic (exact) mass is 926 g/mol. The van der Waals surface area contributed by atoms with E-state index in [0.717, 1.165) is 0 Å². The van der Waals surface area contributed by atoms with E-state index < -0.39 is 7.82 Å². The third kappa shape index (κ3) is 34.8. The number of aryl methyl sites for hydroxylation is 3. The van der Waals surface area contributed by atoms with Crippen molar-refractivity contribution in [2.24, 2.45) is 0 Å². The standard InChI is InChI=1S/3C7H8O.4Ag.BrH.H3O4P/c3*1-6-2-4-7(8)5-3-6;;;;;;1-5(2,3)4/h3*2-5,8H,1H3;;;;;1H;(H3,1,2,3,4)/q;;;4*+1;;/p-4. The van der Waals surface area contributed by atoms with Crippen LogP contribution in [0.4, 0.5) is 0 Å². The first-order valence-corrected chi connectivity index (χ1v) is 9.83. The number of rotatable bonds is 0. The molecule has 0 unspecified atom stereocenters. The minimum absolute atomic E-state index is 0. The number of phenols is 3. The summed E-state index contributed by atoms with van der Waals surface area (Å²) in [6.07, 6.45) is 0. The van der Waals surface area contributed by atoms with Gasteiger partial charge in [0.05, 0.1) is 0 Å². The maximum Gasteiger partial charge on any atom is 1.00 e. The summed E-state index contributed by atoms with van der Waals surface area (Å²) < 4.78 is 8.55. The zero-order valence-electron chi connectivity index (χ0n) is 17.9. The molecule has 3 rings (SSSR count). The van der Waals surface area contributed by atoms with Gasteiger partial charge in [0, 0.05) is 0 Å². The average molecular weight is 931 g/mol. The molecule has 3 aromatic carbocycles. The van der Waals surface area contributed by atoms with Crippen LogP contribution in [0.5, 0.6) is 17.2 Å². The van der Waals surface area contributed by atoms with Crippen LogP contribution in [-0.4, -0.2) is 15.3 Å². The van der Waals surface area contributed by atoms with E-state index in [9.17, 15) is 0 Å². The second kappa shape index (κ2) is 26.7. The van der Waals surface area contributed by atoms with E-state index in [2.05, 4.69) is 0 Å². The Labute approximate surface area is 273 Å². The minimum Gasteiger partial charge on any atom is -1.00 e. The Morgan fingerprint density at radius 2 is 0.618 bits per heavy atom. The maximum absolute atomic E-state index is 8.76. The predicted octanol–water partition coefficient (Wildman–Crippen LogP) is -0.729. The van der Waals surface area contributed by atoms with Gasteiger partial charge in [-0.15, -0.1) is 0 Å². The van der Waals surface area contributed by atoms with Crippen molar-refractivity contribution in [3.8, 4) is 17.2 Å². The average Bonchev–Trinajstić information content (AvgIpc) is 2.62. The van der Waals surface area contributed by atoms with Crippen molar-refractivity contribution in [3.63, 3.8) is 0 Å². The van der Waals surface area contributed by atoms with Crippen molar-refractivity contribution in [2.45, 2.75) is 20.8 Å². The predicted molar refractivity (Wildman–Crippen MR) is 106 cm³/mol. The van der Waals surface area contributed by atoms with Gasteiger partial charge in [0.15, 0.2) is 0 Å². The molecule has 0 radical (unpaired) electrons. The van der Waals surface area contributed by atoms with E-state index >= 15 is 0 Å². The quantitative estimate of drug-likeness (QED) is 0.199. The smallest absolute Gasteiger partial charge is 1.00 e. The summed E-state index contributed by atoms with van der Waals surface area (Å²) in [6, 6.07) is 21.3. The molecule has 34 heavy (non-hydrogen) atoms. The van der Waals surface area contributed by atoms with Crippen LogP contribution in [0, 0.1) is 20.8 Å². The van der Waals surface area contributed by atoms with Crippen LogP contribution in [0.2, 0.25) is 0 Å². The zero-order valence-corrected chi connectivity index (χ0v) is 26.3. The first kappa shape index (κ1) is 47.8. The number of hydrogen-bond acceptors (Lipinski definition) is 7. The Bertz CT molecular complexity index is 704. The summed E-state index contributed by atoms with van der Waals surface area (Å²) in [4.78, 5) is 25.6. The maximum atomic E-state index is 8.76. The molecule has 0 saturated carbocycles. The molecule has 13 heteroatoms. The zero-order chi connectivity index (χ0) is 22.4. The first-order valence-electron chi connectivity index (χ1n) is 8.37. The number of aromatic hydroxyl groups is 3. The fourth-order valence-corrected chi connectivity index (χ4v) is 1.63. The van der Waals surface area contributed by atoms with Gasteiger partial charge >= 0.3 is 89.5 Å². The number of hydrogen-bond donors (Lipinski definition) is 3. The summed E-state index contributed by atoms with van der Waals surface area (Å²) >= 11 is 0. The molecule has 0 aliphatic rings. The summed E-state index contributed by atoms with van der Waals surface area (Å²) in [5.41, 5.74) is 3.51. The van der Waals surface area contributed by atoms with E-state index in [1.165, 1.54) is 16.7 Å². The van der Waals surface area contributed by atoms with Crippen LogP contribution in [0.25, 0.3) is 0 Å². The normalized spacial score (nSPS) is 8.18. The van der Waals surface area contributed by atoms with Crippen molar-refractivity contribution in [2.75, 3.05) is 0 Å². The molecule has 0 saturated heterocycles. The largest absolute Gasteiger partial charge is 1.00 e. The molecular weight excluding hydrogens is 907 g/mol. The van der Waals surface area contributed by atoms with Crippen molar-refractivity contribution >= 4 is 7.82 Å². The molecule has 0 atom stereocenters. The van der Waals surface area contributed by atoms with Gasteiger partial charge in [0.25, 0.3) is 0 Å². The Morgan fingerprint density at radius 1 is 0.500 bits per heavy atom. The van der Waals surface area contributed by atoms with Crippen LogP contribution in [0.15, 0.2) is 72.8 Å². The molecule has 0 spiro atoms. The molecule has 0 heterocycles. The fourth-order valence-electron chi connectivity index (χ4n) is 1.63. The molecular formula is C21H24Ag4BrO7P. The van der Waals surface area contributed by atoms with E-state index in [0.29, 0.717) is 17.2 Å². The third-order valence-electron chi connectivity index (χ3n) is 3.10. The summed E-state index contributed by atoms with van der Waals surface area (Å²) in [6.45, 7) is 5.96. The van der Waals surface area contributed by atoms with Crippen LogP contribution in [0.3, 0.4) is 0 Å². The van der Waals surface area contributed by atoms with Gasteiger partial charge < -0.3 is 51.5 Å². The van der Waals surface area contributed by atoms with Crippen molar-refractivity contribution in [3.05, 3.63) is 89.5 Å². The molecule has 0 aliphatic heterocycles. The van der Waals surface area contributed by atoms with E-state index in [1.54, 1.807) is 36.4 Å². The topological polar surface area (TPSA) is 147 Å². The van der Waals surface area contributed by atoms with E-state index in [1.807, 2.05) is 57.2 Å². The third-order valence-corrected chi connectivity index (χ3v) is 3.10. The SMILES string of the molecule is Cc1ccc(O)cc1.Cc1ccc(O)cc1.Cc1ccc(O)cc1.O=P([O-])([O-])[O-].[Ag+].[Ag+].[Ag+].[Ag+].[Br-]. The molecule has 0 amide bonds. The van der Waals surface area contributed by atoms with Crippen molar-refractivity contribution < 1.29 is 141 Å². The van der Waals surface area contributed by atoms with Crippen LogP contribution >= 0.6 is 7.82 Å². The fraction of sp³-hybridized carbons (Fsp3) is 0.143. The second-order valence-electron chi connectivity index (χ2n) is 5.95. The van der Waals surface area contributed by atoms with Gasteiger partial charge in [-0.3, -0.25) is 0 Å². The van der Waals surface area contributed by atoms with Gasteiger partial charge in [-0.1, -0.05) is 53.1 Å². The molecule has 0 bridgehead atoms. The Hall–Kier alpha value is 0.611. The van der Waals surface area contributed by atoms with Crippen LogP contribution < -0.4 is 31.7 Å². The second-order valence-corrected chi connectivity index (χ2v) is 6.85. The van der Waals surface area contributed by atoms with Crippen molar-refractivity contribution in [1.82, 2.24) is 0 Å².